The molecule has 0 atom stereocenters. The van der Waals surface area contributed by atoms with Gasteiger partial charge in [-0.2, -0.15) is 5.10 Å². The Morgan fingerprint density at radius 3 is 2.72 bits per heavy atom. The lowest BCUT2D eigenvalue weighted by atomic mass is 10.3. The first-order valence-electron chi connectivity index (χ1n) is 6.05. The molecule has 0 N–H and O–H groups in total. The van der Waals surface area contributed by atoms with Crippen LogP contribution in [0.3, 0.4) is 0 Å². The van der Waals surface area contributed by atoms with E-state index >= 15 is 0 Å². The molecule has 0 aliphatic rings. The third-order valence-electron chi connectivity index (χ3n) is 2.58. The Morgan fingerprint density at radius 1 is 1.50 bits per heavy atom. The van der Waals surface area contributed by atoms with E-state index in [9.17, 15) is 4.79 Å². The van der Waals surface area contributed by atoms with Gasteiger partial charge >= 0.3 is 5.97 Å². The maximum atomic E-state index is 11.4. The van der Waals surface area contributed by atoms with Crippen LogP contribution in [-0.4, -0.2) is 40.8 Å². The van der Waals surface area contributed by atoms with Crippen LogP contribution in [0.4, 0.5) is 0 Å². The Morgan fingerprint density at radius 2 is 2.17 bits per heavy atom. The van der Waals surface area contributed by atoms with Gasteiger partial charge in [-0.1, -0.05) is 11.6 Å². The van der Waals surface area contributed by atoms with Crippen molar-refractivity contribution in [2.75, 3.05) is 20.2 Å². The summed E-state index contributed by atoms with van der Waals surface area (Å²) in [7, 11) is 1.86. The average molecular weight is 274 g/mol. The van der Waals surface area contributed by atoms with E-state index in [4.69, 9.17) is 16.3 Å². The summed E-state index contributed by atoms with van der Waals surface area (Å²) in [6.07, 6.45) is 0. The zero-order chi connectivity index (χ0) is 13.7. The van der Waals surface area contributed by atoms with Gasteiger partial charge in [-0.05, 0) is 27.8 Å². The number of aryl methyl sites for hydroxylation is 2. The fourth-order valence-corrected chi connectivity index (χ4v) is 1.95. The Hall–Kier alpha value is -1.07. The molecule has 1 aromatic rings. The topological polar surface area (TPSA) is 47.4 Å². The first kappa shape index (κ1) is 15.0. The van der Waals surface area contributed by atoms with Gasteiger partial charge in [0.1, 0.15) is 0 Å². The van der Waals surface area contributed by atoms with Crippen LogP contribution in [0.25, 0.3) is 0 Å². The van der Waals surface area contributed by atoms with Crippen LogP contribution in [0.2, 0.25) is 5.02 Å². The smallest absolute Gasteiger partial charge is 0.320 e. The SMILES string of the molecule is CCOC(=O)CN(C)Cc1c(Cl)c(C)nn1CC. The molecule has 0 aromatic carbocycles. The lowest BCUT2D eigenvalue weighted by Gasteiger charge is -2.16. The summed E-state index contributed by atoms with van der Waals surface area (Å²) in [6, 6.07) is 0. The van der Waals surface area contributed by atoms with Crippen molar-refractivity contribution in [2.24, 2.45) is 0 Å². The molecule has 0 spiro atoms. The third kappa shape index (κ3) is 3.71. The summed E-state index contributed by atoms with van der Waals surface area (Å²) >= 11 is 6.21. The average Bonchev–Trinajstić information content (AvgIpc) is 2.57. The molecule has 0 saturated carbocycles. The van der Waals surface area contributed by atoms with Gasteiger partial charge in [0.2, 0.25) is 0 Å². The molecule has 5 nitrogen and oxygen atoms in total. The van der Waals surface area contributed by atoms with Crippen molar-refractivity contribution < 1.29 is 9.53 Å². The number of nitrogens with zero attached hydrogens (tertiary/aromatic N) is 3. The first-order valence-corrected chi connectivity index (χ1v) is 6.43. The van der Waals surface area contributed by atoms with Crippen LogP contribution in [0.5, 0.6) is 0 Å². The van der Waals surface area contributed by atoms with Gasteiger partial charge in [-0.3, -0.25) is 14.4 Å². The number of carbonyl (C=O) groups excluding carboxylic acids is 1. The Bertz CT molecular complexity index is 418. The van der Waals surface area contributed by atoms with Crippen molar-refractivity contribution >= 4 is 17.6 Å². The van der Waals surface area contributed by atoms with E-state index in [2.05, 4.69) is 5.10 Å². The summed E-state index contributed by atoms with van der Waals surface area (Å²) in [6.45, 7) is 7.67. The minimum absolute atomic E-state index is 0.226. The molecule has 102 valence electrons. The lowest BCUT2D eigenvalue weighted by molar-refractivity contribution is -0.144. The molecule has 0 bridgehead atoms. The maximum Gasteiger partial charge on any atom is 0.320 e. The molecule has 0 aliphatic heterocycles. The Labute approximate surface area is 113 Å². The second-order valence-corrected chi connectivity index (χ2v) is 4.52. The zero-order valence-electron chi connectivity index (χ0n) is 11.4. The highest BCUT2D eigenvalue weighted by Gasteiger charge is 2.16. The van der Waals surface area contributed by atoms with Gasteiger partial charge < -0.3 is 4.74 Å². The molecule has 0 radical (unpaired) electrons. The normalized spacial score (nSPS) is 11.0. The van der Waals surface area contributed by atoms with E-state index in [1.54, 1.807) is 6.92 Å². The van der Waals surface area contributed by atoms with E-state index in [0.29, 0.717) is 18.2 Å². The first-order chi connectivity index (χ1) is 8.49. The lowest BCUT2D eigenvalue weighted by Crippen LogP contribution is -2.28. The summed E-state index contributed by atoms with van der Waals surface area (Å²) in [5.41, 5.74) is 1.75. The quantitative estimate of drug-likeness (QED) is 0.743. The maximum absolute atomic E-state index is 11.4. The monoisotopic (exact) mass is 273 g/mol. The summed E-state index contributed by atoms with van der Waals surface area (Å²) in [4.78, 5) is 13.2. The number of aromatic nitrogens is 2. The molecule has 0 saturated heterocycles. The van der Waals surface area contributed by atoms with Crippen molar-refractivity contribution in [1.29, 1.82) is 0 Å². The Balaban J connectivity index is 2.69. The molecule has 0 aliphatic carbocycles. The van der Waals surface area contributed by atoms with Crippen molar-refractivity contribution in [3.8, 4) is 0 Å². The number of esters is 1. The van der Waals surface area contributed by atoms with Crippen molar-refractivity contribution in [3.05, 3.63) is 16.4 Å². The van der Waals surface area contributed by atoms with Gasteiger partial charge in [0.15, 0.2) is 0 Å². The van der Waals surface area contributed by atoms with E-state index in [1.807, 2.05) is 30.5 Å². The molecule has 0 fully saturated rings. The standard InChI is InChI=1S/C12H20ClN3O2/c1-5-16-10(12(13)9(3)14-16)7-15(4)8-11(17)18-6-2/h5-8H2,1-4H3. The van der Waals surface area contributed by atoms with Crippen LogP contribution in [0.15, 0.2) is 0 Å². The van der Waals surface area contributed by atoms with E-state index in [-0.39, 0.29) is 12.5 Å². The number of rotatable bonds is 6. The van der Waals surface area contributed by atoms with Crippen molar-refractivity contribution in [3.63, 3.8) is 0 Å². The number of carbonyl (C=O) groups is 1. The highest BCUT2D eigenvalue weighted by atomic mass is 35.5. The molecule has 18 heavy (non-hydrogen) atoms. The van der Waals surface area contributed by atoms with Gasteiger partial charge in [0.25, 0.3) is 0 Å². The van der Waals surface area contributed by atoms with E-state index in [0.717, 1.165) is 17.9 Å². The summed E-state index contributed by atoms with van der Waals surface area (Å²) in [5.74, 6) is -0.226. The van der Waals surface area contributed by atoms with Crippen LogP contribution in [0.1, 0.15) is 25.2 Å². The van der Waals surface area contributed by atoms with Crippen LogP contribution in [-0.2, 0) is 22.6 Å². The predicted octanol–water partition coefficient (Wildman–Crippen LogP) is 1.86. The highest BCUT2D eigenvalue weighted by Crippen LogP contribution is 2.21. The van der Waals surface area contributed by atoms with Crippen LogP contribution in [0, 0.1) is 6.92 Å². The third-order valence-corrected chi connectivity index (χ3v) is 3.07. The van der Waals surface area contributed by atoms with E-state index < -0.39 is 0 Å². The van der Waals surface area contributed by atoms with Gasteiger partial charge in [-0.25, -0.2) is 0 Å². The number of hydrogen-bond donors (Lipinski definition) is 0. The largest absolute Gasteiger partial charge is 0.465 e. The number of likely N-dealkylation sites (N-methyl/N-ethyl adjacent to an activating group) is 1. The van der Waals surface area contributed by atoms with Crippen molar-refractivity contribution in [1.82, 2.24) is 14.7 Å². The fourth-order valence-electron chi connectivity index (χ4n) is 1.76. The van der Waals surface area contributed by atoms with Crippen LogP contribution >= 0.6 is 11.6 Å². The highest BCUT2D eigenvalue weighted by molar-refractivity contribution is 6.31. The Kier molecular flexibility index (Phi) is 5.62. The molecule has 1 heterocycles. The fraction of sp³-hybridized carbons (Fsp3) is 0.667. The van der Waals surface area contributed by atoms with Crippen LogP contribution < -0.4 is 0 Å². The second-order valence-electron chi connectivity index (χ2n) is 4.14. The molecule has 0 amide bonds. The molecule has 6 heteroatoms. The van der Waals surface area contributed by atoms with Gasteiger partial charge in [-0.15, -0.1) is 0 Å². The van der Waals surface area contributed by atoms with Crippen molar-refractivity contribution in [2.45, 2.75) is 33.9 Å². The number of ether oxygens (including phenoxy) is 1. The van der Waals surface area contributed by atoms with E-state index in [1.165, 1.54) is 0 Å². The molecule has 1 rings (SSSR count). The minimum atomic E-state index is -0.226. The molecular weight excluding hydrogens is 254 g/mol. The zero-order valence-corrected chi connectivity index (χ0v) is 12.1. The number of halogens is 1. The molecule has 0 unspecified atom stereocenters. The summed E-state index contributed by atoms with van der Waals surface area (Å²) in [5, 5.41) is 5.01. The molecule has 1 aromatic heterocycles. The predicted molar refractivity (Wildman–Crippen MR) is 70.6 cm³/mol. The van der Waals surface area contributed by atoms with Gasteiger partial charge in [0.05, 0.1) is 29.6 Å². The second kappa shape index (κ2) is 6.75. The summed E-state index contributed by atoms with van der Waals surface area (Å²) < 4.78 is 6.77. The van der Waals surface area contributed by atoms with Gasteiger partial charge in [0, 0.05) is 13.1 Å². The minimum Gasteiger partial charge on any atom is -0.465 e. The molecular formula is C12H20ClN3O2. The number of hydrogen-bond acceptors (Lipinski definition) is 4.